The highest BCUT2D eigenvalue weighted by Crippen LogP contribution is 2.35. The van der Waals surface area contributed by atoms with E-state index in [9.17, 15) is 0 Å². The van der Waals surface area contributed by atoms with Gasteiger partial charge in [-0.05, 0) is 44.3 Å². The number of furan rings is 1. The average Bonchev–Trinajstić information content (AvgIpc) is 3.14. The molecule has 0 amide bonds. The van der Waals surface area contributed by atoms with E-state index >= 15 is 0 Å². The normalized spacial score (nSPS) is 13.2. The molecule has 0 saturated heterocycles. The zero-order valence-electron chi connectivity index (χ0n) is 14.8. The molecule has 136 valence electrons. The fourth-order valence-corrected chi connectivity index (χ4v) is 2.93. The lowest BCUT2D eigenvalue weighted by Crippen LogP contribution is -2.33. The topological polar surface area (TPSA) is 47.2 Å². The van der Waals surface area contributed by atoms with Crippen molar-refractivity contribution in [1.82, 2.24) is 4.90 Å². The van der Waals surface area contributed by atoms with E-state index in [1.165, 1.54) is 7.11 Å². The molecule has 1 aromatic carbocycles. The molecule has 0 fully saturated rings. The quantitative estimate of drug-likeness (QED) is 0.362. The van der Waals surface area contributed by atoms with Crippen LogP contribution in [0.5, 0.6) is 5.75 Å². The van der Waals surface area contributed by atoms with Crippen LogP contribution in [0.2, 0.25) is 10.0 Å². The molecular weight excluding hydrogens is 363 g/mol. The van der Waals surface area contributed by atoms with E-state index in [0.717, 1.165) is 13.1 Å². The van der Waals surface area contributed by atoms with Gasteiger partial charge in [-0.2, -0.15) is 0 Å². The molecule has 0 aliphatic carbocycles. The van der Waals surface area contributed by atoms with Gasteiger partial charge in [-0.25, -0.2) is 0 Å². The van der Waals surface area contributed by atoms with Crippen LogP contribution in [0.4, 0.5) is 0 Å². The first-order valence-corrected chi connectivity index (χ1v) is 8.83. The Bertz CT molecular complexity index is 713. The van der Waals surface area contributed by atoms with Crippen molar-refractivity contribution in [1.29, 1.82) is 0 Å². The molecule has 0 bridgehead atoms. The maximum absolute atomic E-state index is 6.42. The maximum Gasteiger partial charge on any atom is 0.178 e. The van der Waals surface area contributed by atoms with Crippen LogP contribution in [-0.4, -0.2) is 37.0 Å². The molecule has 2 aromatic rings. The summed E-state index contributed by atoms with van der Waals surface area (Å²) in [6, 6.07) is 7.08. The van der Waals surface area contributed by atoms with Crippen LogP contribution in [0.3, 0.4) is 0 Å². The molecule has 1 aromatic heterocycles. The molecule has 5 nitrogen and oxygen atoms in total. The standard InChI is InChI=1S/C18H22Cl2N2O3/c1-5-22(6-2)12(3)25-21-18(15-8-7-11-24-15)13-9-10-14(23-4)17(20)16(13)19/h7-12H,5-6H2,1-4H3. The highest BCUT2D eigenvalue weighted by molar-refractivity contribution is 6.45. The van der Waals surface area contributed by atoms with Crippen LogP contribution in [0.1, 0.15) is 32.1 Å². The van der Waals surface area contributed by atoms with Crippen molar-refractivity contribution in [2.75, 3.05) is 20.2 Å². The van der Waals surface area contributed by atoms with Gasteiger partial charge in [0.15, 0.2) is 17.7 Å². The van der Waals surface area contributed by atoms with Gasteiger partial charge in [0.2, 0.25) is 0 Å². The number of benzene rings is 1. The Kier molecular flexibility index (Phi) is 7.17. The number of rotatable bonds is 8. The summed E-state index contributed by atoms with van der Waals surface area (Å²) in [5, 5.41) is 4.95. The third-order valence-corrected chi connectivity index (χ3v) is 4.76. The summed E-state index contributed by atoms with van der Waals surface area (Å²) in [7, 11) is 1.54. The number of oxime groups is 1. The fourth-order valence-electron chi connectivity index (χ4n) is 2.45. The average molecular weight is 385 g/mol. The third-order valence-electron chi connectivity index (χ3n) is 3.90. The fraction of sp³-hybridized carbons (Fsp3) is 0.389. The van der Waals surface area contributed by atoms with Gasteiger partial charge in [-0.3, -0.25) is 4.90 Å². The summed E-state index contributed by atoms with van der Waals surface area (Å²) in [5.74, 6) is 1.03. The van der Waals surface area contributed by atoms with E-state index in [2.05, 4.69) is 23.9 Å². The van der Waals surface area contributed by atoms with Crippen molar-refractivity contribution in [3.63, 3.8) is 0 Å². The molecule has 1 unspecified atom stereocenters. The van der Waals surface area contributed by atoms with Crippen LogP contribution in [0.15, 0.2) is 40.1 Å². The smallest absolute Gasteiger partial charge is 0.178 e. The zero-order valence-corrected chi connectivity index (χ0v) is 16.3. The minimum Gasteiger partial charge on any atom is -0.495 e. The van der Waals surface area contributed by atoms with Crippen molar-refractivity contribution in [3.8, 4) is 5.75 Å². The van der Waals surface area contributed by atoms with E-state index in [0.29, 0.717) is 32.8 Å². The number of halogens is 2. The van der Waals surface area contributed by atoms with Crippen molar-refractivity contribution >= 4 is 28.9 Å². The van der Waals surface area contributed by atoms with Crippen LogP contribution in [-0.2, 0) is 4.84 Å². The molecular formula is C18H22Cl2N2O3. The number of methoxy groups -OCH3 is 1. The van der Waals surface area contributed by atoms with E-state index in [1.807, 2.05) is 6.92 Å². The molecule has 0 spiro atoms. The zero-order chi connectivity index (χ0) is 18.4. The maximum atomic E-state index is 6.42. The molecule has 1 heterocycles. The molecule has 1 atom stereocenters. The Morgan fingerprint density at radius 1 is 1.20 bits per heavy atom. The lowest BCUT2D eigenvalue weighted by Gasteiger charge is -2.24. The predicted molar refractivity (Wildman–Crippen MR) is 101 cm³/mol. The second kappa shape index (κ2) is 9.13. The van der Waals surface area contributed by atoms with E-state index < -0.39 is 0 Å². The first kappa shape index (κ1) is 19.6. The van der Waals surface area contributed by atoms with E-state index in [4.69, 9.17) is 37.2 Å². The molecule has 25 heavy (non-hydrogen) atoms. The number of hydrogen-bond acceptors (Lipinski definition) is 5. The Labute approximate surface area is 158 Å². The largest absolute Gasteiger partial charge is 0.495 e. The minimum atomic E-state index is -0.188. The Balaban J connectivity index is 2.42. The van der Waals surface area contributed by atoms with Crippen molar-refractivity contribution in [2.24, 2.45) is 5.16 Å². The molecule has 2 rings (SSSR count). The van der Waals surface area contributed by atoms with Gasteiger partial charge in [0.25, 0.3) is 0 Å². The van der Waals surface area contributed by atoms with Crippen LogP contribution >= 0.6 is 23.2 Å². The van der Waals surface area contributed by atoms with Crippen molar-refractivity contribution in [2.45, 2.75) is 27.0 Å². The van der Waals surface area contributed by atoms with Gasteiger partial charge in [0.05, 0.1) is 18.4 Å². The summed E-state index contributed by atoms with van der Waals surface area (Å²) < 4.78 is 10.7. The molecule has 0 aliphatic rings. The molecule has 7 heteroatoms. The Morgan fingerprint density at radius 3 is 2.48 bits per heavy atom. The third kappa shape index (κ3) is 4.48. The summed E-state index contributed by atoms with van der Waals surface area (Å²) in [6.45, 7) is 7.80. The Morgan fingerprint density at radius 2 is 1.92 bits per heavy atom. The summed E-state index contributed by atoms with van der Waals surface area (Å²) >= 11 is 12.7. The monoisotopic (exact) mass is 384 g/mol. The lowest BCUT2D eigenvalue weighted by molar-refractivity contribution is -0.0405. The summed E-state index contributed by atoms with van der Waals surface area (Å²) in [4.78, 5) is 7.83. The van der Waals surface area contributed by atoms with Crippen molar-refractivity contribution < 1.29 is 14.0 Å². The Hall–Kier alpha value is -1.69. The molecule has 0 saturated carbocycles. The predicted octanol–water partition coefficient (Wildman–Crippen LogP) is 5.05. The second-order valence-electron chi connectivity index (χ2n) is 5.29. The van der Waals surface area contributed by atoms with Gasteiger partial charge in [-0.1, -0.05) is 42.2 Å². The van der Waals surface area contributed by atoms with Gasteiger partial charge in [0.1, 0.15) is 10.8 Å². The highest BCUT2D eigenvalue weighted by atomic mass is 35.5. The SMILES string of the molecule is CCN(CC)C(C)ON=C(c1ccco1)c1ccc(OC)c(Cl)c1Cl. The highest BCUT2D eigenvalue weighted by Gasteiger charge is 2.20. The minimum absolute atomic E-state index is 0.188. The molecule has 0 radical (unpaired) electrons. The lowest BCUT2D eigenvalue weighted by atomic mass is 10.1. The van der Waals surface area contributed by atoms with Gasteiger partial charge < -0.3 is 14.0 Å². The van der Waals surface area contributed by atoms with E-state index in [1.54, 1.807) is 30.5 Å². The number of ether oxygens (including phenoxy) is 1. The van der Waals surface area contributed by atoms with Gasteiger partial charge in [-0.15, -0.1) is 0 Å². The first-order valence-electron chi connectivity index (χ1n) is 8.07. The van der Waals surface area contributed by atoms with Crippen LogP contribution in [0, 0.1) is 0 Å². The van der Waals surface area contributed by atoms with Crippen LogP contribution in [0.25, 0.3) is 0 Å². The number of hydrogen-bond donors (Lipinski definition) is 0. The van der Waals surface area contributed by atoms with Crippen molar-refractivity contribution in [3.05, 3.63) is 51.9 Å². The van der Waals surface area contributed by atoms with Gasteiger partial charge >= 0.3 is 0 Å². The van der Waals surface area contributed by atoms with Gasteiger partial charge in [0, 0.05) is 5.56 Å². The van der Waals surface area contributed by atoms with E-state index in [-0.39, 0.29) is 6.23 Å². The second-order valence-corrected chi connectivity index (χ2v) is 6.04. The summed E-state index contributed by atoms with van der Waals surface area (Å²) in [5.41, 5.74) is 1.08. The first-order chi connectivity index (χ1) is 12.0. The molecule has 0 N–H and O–H groups in total. The molecule has 0 aliphatic heterocycles. The van der Waals surface area contributed by atoms with Crippen LogP contribution < -0.4 is 4.74 Å². The number of nitrogens with zero attached hydrogens (tertiary/aromatic N) is 2. The summed E-state index contributed by atoms with van der Waals surface area (Å²) in [6.07, 6.45) is 1.38.